The van der Waals surface area contributed by atoms with Crippen LogP contribution in [-0.4, -0.2) is 55.9 Å². The summed E-state index contributed by atoms with van der Waals surface area (Å²) in [6, 6.07) is 6.45. The van der Waals surface area contributed by atoms with Crippen LogP contribution < -0.4 is 0 Å². The summed E-state index contributed by atoms with van der Waals surface area (Å²) >= 11 is 0. The maximum atomic E-state index is 12.3. The highest BCUT2D eigenvalue weighted by molar-refractivity contribution is 7.86. The second-order valence-electron chi connectivity index (χ2n) is 6.14. The van der Waals surface area contributed by atoms with Crippen molar-refractivity contribution in [2.45, 2.75) is 36.4 Å². The van der Waals surface area contributed by atoms with Gasteiger partial charge in [0, 0.05) is 13.0 Å². The molecule has 1 aromatic rings. The first-order valence-corrected chi connectivity index (χ1v) is 8.82. The van der Waals surface area contributed by atoms with Gasteiger partial charge in [0.05, 0.1) is 23.6 Å². The van der Waals surface area contributed by atoms with Crippen LogP contribution in [0.5, 0.6) is 0 Å². The molecule has 3 rings (SSSR count). The van der Waals surface area contributed by atoms with Gasteiger partial charge in [0.25, 0.3) is 10.1 Å². The summed E-state index contributed by atoms with van der Waals surface area (Å²) in [5.41, 5.74) is 0.345. The summed E-state index contributed by atoms with van der Waals surface area (Å²) in [6.45, 7) is 2.68. The number of amides is 1. The molecule has 2 heterocycles. The number of carbonyl (C=O) groups is 1. The average Bonchev–Trinajstić information content (AvgIpc) is 3.07. The van der Waals surface area contributed by atoms with Gasteiger partial charge < -0.3 is 14.7 Å². The van der Waals surface area contributed by atoms with E-state index in [9.17, 15) is 13.2 Å². The SMILES string of the molecule is Cc1ccc(S(=O)(=O)OC2COC3(CCN(C(=O)O)C3)C2)cc1. The van der Waals surface area contributed by atoms with Crippen molar-refractivity contribution in [1.82, 2.24) is 4.90 Å². The van der Waals surface area contributed by atoms with Crippen molar-refractivity contribution in [2.24, 2.45) is 0 Å². The van der Waals surface area contributed by atoms with E-state index in [4.69, 9.17) is 14.0 Å². The quantitative estimate of drug-likeness (QED) is 0.840. The molecule has 0 saturated carbocycles. The lowest BCUT2D eigenvalue weighted by Gasteiger charge is -2.21. The van der Waals surface area contributed by atoms with Crippen LogP contribution >= 0.6 is 0 Å². The zero-order chi connectivity index (χ0) is 16.7. The number of hydrogen-bond acceptors (Lipinski definition) is 5. The van der Waals surface area contributed by atoms with Gasteiger partial charge in [-0.3, -0.25) is 4.18 Å². The number of aryl methyl sites for hydroxylation is 1. The molecule has 1 aromatic carbocycles. The highest BCUT2D eigenvalue weighted by atomic mass is 32.2. The first-order valence-electron chi connectivity index (χ1n) is 7.41. The largest absolute Gasteiger partial charge is 0.465 e. The van der Waals surface area contributed by atoms with Crippen molar-refractivity contribution in [3.8, 4) is 0 Å². The molecule has 1 spiro atoms. The van der Waals surface area contributed by atoms with Gasteiger partial charge in [-0.25, -0.2) is 4.79 Å². The Morgan fingerprint density at radius 2 is 2.09 bits per heavy atom. The van der Waals surface area contributed by atoms with Crippen LogP contribution in [0, 0.1) is 6.92 Å². The third-order valence-electron chi connectivity index (χ3n) is 4.33. The molecule has 1 N–H and O–H groups in total. The fourth-order valence-corrected chi connectivity index (χ4v) is 4.16. The second-order valence-corrected chi connectivity index (χ2v) is 7.71. The lowest BCUT2D eigenvalue weighted by Crippen LogP contribution is -2.35. The van der Waals surface area contributed by atoms with Gasteiger partial charge in [-0.1, -0.05) is 17.7 Å². The highest BCUT2D eigenvalue weighted by Crippen LogP contribution is 2.37. The smallest absolute Gasteiger partial charge is 0.407 e. The van der Waals surface area contributed by atoms with E-state index in [1.165, 1.54) is 17.0 Å². The lowest BCUT2D eigenvalue weighted by atomic mass is 9.98. The molecule has 2 fully saturated rings. The first-order chi connectivity index (χ1) is 10.8. The average molecular weight is 341 g/mol. The molecular formula is C15H19NO6S. The minimum Gasteiger partial charge on any atom is -0.465 e. The van der Waals surface area contributed by atoms with Gasteiger partial charge >= 0.3 is 6.09 Å². The molecule has 126 valence electrons. The van der Waals surface area contributed by atoms with Crippen LogP contribution in [0.1, 0.15) is 18.4 Å². The Balaban J connectivity index is 1.66. The van der Waals surface area contributed by atoms with Gasteiger partial charge in [-0.2, -0.15) is 8.42 Å². The molecule has 2 aliphatic rings. The van der Waals surface area contributed by atoms with Crippen LogP contribution in [0.2, 0.25) is 0 Å². The molecule has 23 heavy (non-hydrogen) atoms. The highest BCUT2D eigenvalue weighted by Gasteiger charge is 2.48. The molecule has 0 radical (unpaired) electrons. The zero-order valence-electron chi connectivity index (χ0n) is 12.8. The fraction of sp³-hybridized carbons (Fsp3) is 0.533. The number of carboxylic acid groups (broad SMARTS) is 1. The summed E-state index contributed by atoms with van der Waals surface area (Å²) in [5, 5.41) is 9.02. The maximum absolute atomic E-state index is 12.3. The van der Waals surface area contributed by atoms with Crippen LogP contribution in [0.4, 0.5) is 4.79 Å². The molecule has 2 unspecified atom stereocenters. The summed E-state index contributed by atoms with van der Waals surface area (Å²) in [7, 11) is -3.85. The number of rotatable bonds is 3. The Kier molecular flexibility index (Phi) is 4.07. The molecule has 1 amide bonds. The minimum atomic E-state index is -3.85. The van der Waals surface area contributed by atoms with E-state index in [2.05, 4.69) is 0 Å². The first kappa shape index (κ1) is 16.2. The monoisotopic (exact) mass is 341 g/mol. The Bertz CT molecular complexity index is 701. The third-order valence-corrected chi connectivity index (χ3v) is 5.71. The molecule has 2 atom stereocenters. The van der Waals surface area contributed by atoms with E-state index >= 15 is 0 Å². The van der Waals surface area contributed by atoms with Crippen molar-refractivity contribution in [3.05, 3.63) is 29.8 Å². The van der Waals surface area contributed by atoms with Crippen molar-refractivity contribution in [2.75, 3.05) is 19.7 Å². The van der Waals surface area contributed by atoms with Gasteiger partial charge in [0.1, 0.15) is 6.10 Å². The number of hydrogen-bond donors (Lipinski definition) is 1. The Labute approximate surface area is 134 Å². The van der Waals surface area contributed by atoms with E-state index < -0.39 is 27.9 Å². The number of likely N-dealkylation sites (tertiary alicyclic amines) is 1. The molecule has 2 aliphatic heterocycles. The molecule has 7 nitrogen and oxygen atoms in total. The minimum absolute atomic E-state index is 0.114. The lowest BCUT2D eigenvalue weighted by molar-refractivity contribution is 0.0107. The fourth-order valence-electron chi connectivity index (χ4n) is 3.10. The Morgan fingerprint density at radius 3 is 2.70 bits per heavy atom. The molecule has 8 heteroatoms. The van der Waals surface area contributed by atoms with Crippen LogP contribution in [0.25, 0.3) is 0 Å². The number of nitrogens with zero attached hydrogens (tertiary/aromatic N) is 1. The van der Waals surface area contributed by atoms with Gasteiger partial charge in [0.2, 0.25) is 0 Å². The van der Waals surface area contributed by atoms with Gasteiger partial charge in [-0.15, -0.1) is 0 Å². The molecule has 0 aliphatic carbocycles. The Hall–Kier alpha value is -1.64. The van der Waals surface area contributed by atoms with Crippen molar-refractivity contribution < 1.29 is 27.2 Å². The number of benzene rings is 1. The zero-order valence-corrected chi connectivity index (χ0v) is 13.6. The van der Waals surface area contributed by atoms with Crippen molar-refractivity contribution in [1.29, 1.82) is 0 Å². The van der Waals surface area contributed by atoms with Gasteiger partial charge in [0.15, 0.2) is 0 Å². The predicted molar refractivity (Wildman–Crippen MR) is 80.8 cm³/mol. The molecular weight excluding hydrogens is 322 g/mol. The normalized spacial score (nSPS) is 27.7. The van der Waals surface area contributed by atoms with E-state index in [1.807, 2.05) is 6.92 Å². The molecule has 0 aromatic heterocycles. The topological polar surface area (TPSA) is 93.1 Å². The molecule has 2 saturated heterocycles. The van der Waals surface area contributed by atoms with E-state index in [1.54, 1.807) is 12.1 Å². The molecule has 0 bridgehead atoms. The Morgan fingerprint density at radius 1 is 1.39 bits per heavy atom. The summed E-state index contributed by atoms with van der Waals surface area (Å²) in [5.74, 6) is 0. The summed E-state index contributed by atoms with van der Waals surface area (Å²) < 4.78 is 35.6. The van der Waals surface area contributed by atoms with Crippen molar-refractivity contribution >= 4 is 16.2 Å². The third kappa shape index (κ3) is 3.34. The van der Waals surface area contributed by atoms with Crippen molar-refractivity contribution in [3.63, 3.8) is 0 Å². The summed E-state index contributed by atoms with van der Waals surface area (Å²) in [6.07, 6.45) is -0.636. The van der Waals surface area contributed by atoms with Crippen LogP contribution in [0.15, 0.2) is 29.2 Å². The number of ether oxygens (including phenoxy) is 1. The van der Waals surface area contributed by atoms with Gasteiger partial charge in [-0.05, 0) is 25.5 Å². The standard InChI is InChI=1S/C15H19NO6S/c1-11-2-4-13(5-3-11)23(19,20)22-12-8-15(21-9-12)6-7-16(10-15)14(17)18/h2-5,12H,6-10H2,1H3,(H,17,18). The second kappa shape index (κ2) is 5.77. The van der Waals surface area contributed by atoms with E-state index in [-0.39, 0.29) is 18.0 Å². The van der Waals surface area contributed by atoms with E-state index in [0.29, 0.717) is 19.4 Å². The maximum Gasteiger partial charge on any atom is 0.407 e. The van der Waals surface area contributed by atoms with Crippen LogP contribution in [-0.2, 0) is 19.0 Å². The predicted octanol–water partition coefficient (Wildman–Crippen LogP) is 1.61. The van der Waals surface area contributed by atoms with Crippen LogP contribution in [0.3, 0.4) is 0 Å². The summed E-state index contributed by atoms with van der Waals surface area (Å²) in [4.78, 5) is 12.4. The van der Waals surface area contributed by atoms with E-state index in [0.717, 1.165) is 5.56 Å².